The zero-order valence-corrected chi connectivity index (χ0v) is 18.8. The lowest BCUT2D eigenvalue weighted by molar-refractivity contribution is -0.121. The largest absolute Gasteiger partial charge is 0.315 e. The maximum absolute atomic E-state index is 13.1. The molecule has 1 unspecified atom stereocenters. The van der Waals surface area contributed by atoms with Crippen LogP contribution in [0.4, 0.5) is 0 Å². The predicted octanol–water partition coefficient (Wildman–Crippen LogP) is 5.32. The molecule has 0 radical (unpaired) electrons. The molecule has 1 heterocycles. The van der Waals surface area contributed by atoms with Gasteiger partial charge in [-0.15, -0.1) is 10.2 Å². The summed E-state index contributed by atoms with van der Waals surface area (Å²) in [5.74, 6) is 2.51. The van der Waals surface area contributed by atoms with Gasteiger partial charge in [0.15, 0.2) is 0 Å². The van der Waals surface area contributed by atoms with Crippen LogP contribution in [-0.2, 0) is 37.0 Å². The number of nitrogens with zero attached hydrogens (tertiary/aromatic N) is 3. The number of hydrogen-bond donors (Lipinski definition) is 0. The molecular formula is C28H29N3O. The van der Waals surface area contributed by atoms with Crippen molar-refractivity contribution in [1.82, 2.24) is 14.8 Å². The quantitative estimate of drug-likeness (QED) is 0.404. The number of carbonyl (C=O) groups excluding carboxylic acids is 1. The molecule has 0 saturated heterocycles. The van der Waals surface area contributed by atoms with E-state index in [1.807, 2.05) is 25.1 Å². The van der Waals surface area contributed by atoms with Gasteiger partial charge in [0.2, 0.25) is 0 Å². The molecule has 5 rings (SSSR count). The van der Waals surface area contributed by atoms with Crippen LogP contribution in [0.5, 0.6) is 0 Å². The summed E-state index contributed by atoms with van der Waals surface area (Å²) in [7, 11) is 0. The SMILES string of the molecule is CCn1c(CC(C)C(=O)Cc2cccc3ccccc23)nnc1C1Cc2ccccc2C1. The summed E-state index contributed by atoms with van der Waals surface area (Å²) in [6.45, 7) is 4.99. The Bertz CT molecular complexity index is 1240. The second-order valence-electron chi connectivity index (χ2n) is 8.98. The fourth-order valence-electron chi connectivity index (χ4n) is 5.08. The lowest BCUT2D eigenvalue weighted by atomic mass is 9.93. The van der Waals surface area contributed by atoms with Crippen LogP contribution in [-0.4, -0.2) is 20.5 Å². The molecule has 4 heteroatoms. The van der Waals surface area contributed by atoms with Gasteiger partial charge in [0.05, 0.1) is 0 Å². The molecule has 0 fully saturated rings. The van der Waals surface area contributed by atoms with Crippen LogP contribution in [0, 0.1) is 5.92 Å². The first-order chi connectivity index (χ1) is 15.6. The first-order valence-corrected chi connectivity index (χ1v) is 11.6. The Labute approximate surface area is 189 Å². The smallest absolute Gasteiger partial charge is 0.140 e. The van der Waals surface area contributed by atoms with Crippen LogP contribution in [0.25, 0.3) is 10.8 Å². The van der Waals surface area contributed by atoms with Gasteiger partial charge >= 0.3 is 0 Å². The first kappa shape index (κ1) is 20.6. The maximum Gasteiger partial charge on any atom is 0.140 e. The Kier molecular flexibility index (Phi) is 5.60. The maximum atomic E-state index is 13.1. The van der Waals surface area contributed by atoms with Crippen molar-refractivity contribution in [2.45, 2.75) is 52.0 Å². The fraction of sp³-hybridized carbons (Fsp3) is 0.321. The van der Waals surface area contributed by atoms with Crippen LogP contribution >= 0.6 is 0 Å². The molecule has 0 amide bonds. The van der Waals surface area contributed by atoms with Crippen molar-refractivity contribution in [3.05, 3.63) is 95.1 Å². The van der Waals surface area contributed by atoms with E-state index >= 15 is 0 Å². The third-order valence-corrected chi connectivity index (χ3v) is 6.87. The van der Waals surface area contributed by atoms with E-state index in [4.69, 9.17) is 0 Å². The molecule has 162 valence electrons. The second-order valence-corrected chi connectivity index (χ2v) is 8.98. The Morgan fingerprint density at radius 3 is 2.41 bits per heavy atom. The van der Waals surface area contributed by atoms with E-state index in [1.54, 1.807) is 0 Å². The number of Topliss-reactive ketones (excluding diaryl/α,β-unsaturated/α-hetero) is 1. The highest BCUT2D eigenvalue weighted by Crippen LogP contribution is 2.33. The monoisotopic (exact) mass is 423 g/mol. The van der Waals surface area contributed by atoms with Gasteiger partial charge in [-0.1, -0.05) is 73.7 Å². The van der Waals surface area contributed by atoms with Crippen LogP contribution in [0.2, 0.25) is 0 Å². The van der Waals surface area contributed by atoms with E-state index in [2.05, 4.69) is 70.2 Å². The van der Waals surface area contributed by atoms with Gasteiger partial charge < -0.3 is 4.57 Å². The molecule has 0 aliphatic heterocycles. The Balaban J connectivity index is 1.31. The molecule has 4 nitrogen and oxygen atoms in total. The molecule has 0 N–H and O–H groups in total. The number of benzene rings is 3. The minimum atomic E-state index is -0.0999. The van der Waals surface area contributed by atoms with Gasteiger partial charge in [-0.25, -0.2) is 0 Å². The van der Waals surface area contributed by atoms with Gasteiger partial charge in [0.25, 0.3) is 0 Å². The molecule has 3 aromatic carbocycles. The average Bonchev–Trinajstić information content (AvgIpc) is 3.42. The highest BCUT2D eigenvalue weighted by atomic mass is 16.1. The summed E-state index contributed by atoms with van der Waals surface area (Å²) in [5.41, 5.74) is 3.94. The van der Waals surface area contributed by atoms with E-state index < -0.39 is 0 Å². The van der Waals surface area contributed by atoms with E-state index in [0.29, 0.717) is 18.8 Å². The molecule has 0 bridgehead atoms. The number of rotatable bonds is 7. The predicted molar refractivity (Wildman–Crippen MR) is 128 cm³/mol. The number of hydrogen-bond acceptors (Lipinski definition) is 3. The van der Waals surface area contributed by atoms with E-state index in [-0.39, 0.29) is 11.7 Å². The number of carbonyl (C=O) groups is 1. The van der Waals surface area contributed by atoms with Gasteiger partial charge in [-0.05, 0) is 47.2 Å². The third kappa shape index (κ3) is 3.86. The van der Waals surface area contributed by atoms with Crippen LogP contribution in [0.3, 0.4) is 0 Å². The minimum absolute atomic E-state index is 0.0999. The first-order valence-electron chi connectivity index (χ1n) is 11.6. The zero-order valence-electron chi connectivity index (χ0n) is 18.8. The second kappa shape index (κ2) is 8.70. The standard InChI is InChI=1S/C28H29N3O/c1-3-31-27(29-30-28(31)24-16-21-10-4-5-11-22(21)17-24)15-19(2)26(32)18-23-13-8-12-20-9-6-7-14-25(20)23/h4-14,19,24H,3,15-18H2,1-2H3. The lowest BCUT2D eigenvalue weighted by Gasteiger charge is -2.15. The summed E-state index contributed by atoms with van der Waals surface area (Å²) >= 11 is 0. The van der Waals surface area contributed by atoms with Crippen molar-refractivity contribution in [3.8, 4) is 0 Å². The topological polar surface area (TPSA) is 47.8 Å². The molecule has 1 atom stereocenters. The number of fused-ring (bicyclic) bond motifs is 2. The highest BCUT2D eigenvalue weighted by molar-refractivity contribution is 5.91. The summed E-state index contributed by atoms with van der Waals surface area (Å²) in [4.78, 5) is 13.1. The van der Waals surface area contributed by atoms with Crippen LogP contribution in [0.1, 0.15) is 48.1 Å². The summed E-state index contributed by atoms with van der Waals surface area (Å²) in [6.07, 6.45) is 3.12. The van der Waals surface area contributed by atoms with Gasteiger partial charge in [-0.2, -0.15) is 0 Å². The van der Waals surface area contributed by atoms with Gasteiger partial charge in [-0.3, -0.25) is 4.79 Å². The summed E-state index contributed by atoms with van der Waals surface area (Å²) in [5, 5.41) is 11.5. The molecule has 1 aromatic heterocycles. The Morgan fingerprint density at radius 2 is 1.66 bits per heavy atom. The third-order valence-electron chi connectivity index (χ3n) is 6.87. The number of aromatic nitrogens is 3. The van der Waals surface area contributed by atoms with E-state index in [9.17, 15) is 4.79 Å². The summed E-state index contributed by atoms with van der Waals surface area (Å²) < 4.78 is 2.23. The molecule has 0 saturated carbocycles. The molecule has 0 spiro atoms. The minimum Gasteiger partial charge on any atom is -0.315 e. The lowest BCUT2D eigenvalue weighted by Crippen LogP contribution is -2.19. The number of ketones is 1. The Morgan fingerprint density at radius 1 is 0.969 bits per heavy atom. The van der Waals surface area contributed by atoms with Crippen molar-refractivity contribution < 1.29 is 4.79 Å². The van der Waals surface area contributed by atoms with Crippen molar-refractivity contribution in [1.29, 1.82) is 0 Å². The summed E-state index contributed by atoms with van der Waals surface area (Å²) in [6, 6.07) is 23.1. The molecule has 4 aromatic rings. The van der Waals surface area contributed by atoms with Crippen molar-refractivity contribution >= 4 is 16.6 Å². The van der Waals surface area contributed by atoms with Crippen LogP contribution < -0.4 is 0 Å². The Hall–Kier alpha value is -3.27. The van der Waals surface area contributed by atoms with Crippen molar-refractivity contribution in [2.24, 2.45) is 5.92 Å². The van der Waals surface area contributed by atoms with E-state index in [0.717, 1.165) is 42.0 Å². The highest BCUT2D eigenvalue weighted by Gasteiger charge is 2.28. The van der Waals surface area contributed by atoms with Crippen molar-refractivity contribution in [3.63, 3.8) is 0 Å². The molecule has 1 aliphatic rings. The van der Waals surface area contributed by atoms with Crippen LogP contribution in [0.15, 0.2) is 66.7 Å². The zero-order chi connectivity index (χ0) is 22.1. The molecule has 32 heavy (non-hydrogen) atoms. The average molecular weight is 424 g/mol. The molecular weight excluding hydrogens is 394 g/mol. The van der Waals surface area contributed by atoms with Crippen molar-refractivity contribution in [2.75, 3.05) is 0 Å². The van der Waals surface area contributed by atoms with E-state index in [1.165, 1.54) is 16.5 Å². The normalized spacial score (nSPS) is 14.6. The van der Waals surface area contributed by atoms with Gasteiger partial charge in [0, 0.05) is 31.2 Å². The molecule has 1 aliphatic carbocycles. The fourth-order valence-corrected chi connectivity index (χ4v) is 5.08. The van der Waals surface area contributed by atoms with Gasteiger partial charge in [0.1, 0.15) is 17.4 Å².